The Morgan fingerprint density at radius 2 is 1.96 bits per heavy atom. The second-order valence-corrected chi connectivity index (χ2v) is 6.72. The quantitative estimate of drug-likeness (QED) is 0.398. The van der Waals surface area contributed by atoms with Crippen LogP contribution in [0, 0.1) is 11.8 Å². The minimum Gasteiger partial charge on any atom is -0.481 e. The summed E-state index contributed by atoms with van der Waals surface area (Å²) in [7, 11) is 0. The van der Waals surface area contributed by atoms with Crippen LogP contribution in [0.4, 0.5) is 0 Å². The first-order valence-corrected chi connectivity index (χ1v) is 9.50. The maximum Gasteiger partial charge on any atom is 0.303 e. The van der Waals surface area contributed by atoms with Crippen LogP contribution in [-0.4, -0.2) is 45.7 Å². The molecule has 1 fully saturated rings. The second-order valence-electron chi connectivity index (χ2n) is 6.72. The number of aliphatic carboxylic acids is 1. The third-order valence-electron chi connectivity index (χ3n) is 4.57. The zero-order valence-electron chi connectivity index (χ0n) is 15.5. The fourth-order valence-electron chi connectivity index (χ4n) is 3.12. The van der Waals surface area contributed by atoms with Gasteiger partial charge in [0.2, 0.25) is 5.91 Å². The first kappa shape index (κ1) is 20.7. The monoisotopic (exact) mass is 369 g/mol. The van der Waals surface area contributed by atoms with Crippen molar-refractivity contribution >= 4 is 11.9 Å². The minimum absolute atomic E-state index is 0.00435. The largest absolute Gasteiger partial charge is 0.481 e. The summed E-state index contributed by atoms with van der Waals surface area (Å²) in [4.78, 5) is 24.4. The summed E-state index contributed by atoms with van der Waals surface area (Å²) in [6.45, 7) is 0.673. The third-order valence-corrected chi connectivity index (χ3v) is 4.57. The van der Waals surface area contributed by atoms with Crippen molar-refractivity contribution in [2.45, 2.75) is 57.1 Å². The number of benzene rings is 1. The number of hydrogen-bond acceptors (Lipinski definition) is 3. The first-order valence-electron chi connectivity index (χ1n) is 9.50. The fourth-order valence-corrected chi connectivity index (χ4v) is 3.12. The first-order chi connectivity index (χ1) is 13.1. The number of carboxylic acid groups (broad SMARTS) is 1. The van der Waals surface area contributed by atoms with Crippen LogP contribution in [0.3, 0.4) is 0 Å². The molecule has 0 radical (unpaired) electrons. The summed E-state index contributed by atoms with van der Waals surface area (Å²) in [5, 5.41) is 18.7. The molecule has 5 nitrogen and oxygen atoms in total. The number of hydrogen-bond donors (Lipinski definition) is 2. The Labute approximate surface area is 160 Å². The number of aliphatic hydroxyl groups excluding tert-OH is 1. The molecule has 1 aromatic carbocycles. The van der Waals surface area contributed by atoms with Gasteiger partial charge in [0.05, 0.1) is 6.04 Å². The maximum atomic E-state index is 12.1. The molecule has 0 bridgehead atoms. The summed E-state index contributed by atoms with van der Waals surface area (Å²) in [5.41, 5.74) is 0.852. The molecule has 2 N–H and O–H groups in total. The molecule has 1 aromatic rings. The van der Waals surface area contributed by atoms with Crippen molar-refractivity contribution in [3.8, 4) is 11.8 Å². The van der Waals surface area contributed by atoms with E-state index in [1.54, 1.807) is 6.08 Å². The van der Waals surface area contributed by atoms with Crippen LogP contribution < -0.4 is 0 Å². The molecule has 0 aromatic heterocycles. The van der Waals surface area contributed by atoms with Crippen molar-refractivity contribution in [2.75, 3.05) is 6.54 Å². The smallest absolute Gasteiger partial charge is 0.303 e. The molecule has 1 saturated heterocycles. The molecule has 144 valence electrons. The van der Waals surface area contributed by atoms with Crippen LogP contribution in [0.15, 0.2) is 42.5 Å². The average molecular weight is 369 g/mol. The highest BCUT2D eigenvalue weighted by molar-refractivity contribution is 5.79. The highest BCUT2D eigenvalue weighted by Crippen LogP contribution is 2.21. The number of amides is 1. The van der Waals surface area contributed by atoms with Gasteiger partial charge in [0.1, 0.15) is 6.10 Å². The number of carbonyl (C=O) groups excluding carboxylic acids is 1. The lowest BCUT2D eigenvalue weighted by Crippen LogP contribution is -2.32. The standard InChI is InChI=1S/C22H27NO4/c24-20(14-11-18-8-4-3-5-9-18)15-12-19-13-16-21(25)23(19)17-7-2-1-6-10-22(26)27/h3-5,8-9,12,15,19-20,24H,1-2,6-7,10,13,16-17H2,(H,26,27). The summed E-state index contributed by atoms with van der Waals surface area (Å²) < 4.78 is 0. The van der Waals surface area contributed by atoms with Gasteiger partial charge in [-0.05, 0) is 37.5 Å². The zero-order chi connectivity index (χ0) is 19.5. The SMILES string of the molecule is O=C(O)CCCCCCN1C(=O)CCC1C=CC(O)C#Cc1ccccc1. The van der Waals surface area contributed by atoms with E-state index in [1.165, 1.54) is 0 Å². The number of carbonyl (C=O) groups is 2. The van der Waals surface area contributed by atoms with Gasteiger partial charge in [-0.2, -0.15) is 0 Å². The Balaban J connectivity index is 1.78. The summed E-state index contributed by atoms with van der Waals surface area (Å²) in [5.74, 6) is 5.10. The molecule has 0 spiro atoms. The molecule has 1 amide bonds. The second kappa shape index (κ2) is 11.2. The van der Waals surface area contributed by atoms with E-state index in [0.717, 1.165) is 31.2 Å². The summed E-state index contributed by atoms with van der Waals surface area (Å²) in [6, 6.07) is 9.49. The van der Waals surface area contributed by atoms with Gasteiger partial charge in [-0.25, -0.2) is 0 Å². The van der Waals surface area contributed by atoms with E-state index in [4.69, 9.17) is 5.11 Å². The van der Waals surface area contributed by atoms with E-state index in [1.807, 2.05) is 41.3 Å². The van der Waals surface area contributed by atoms with Gasteiger partial charge in [-0.3, -0.25) is 9.59 Å². The van der Waals surface area contributed by atoms with Crippen LogP contribution in [0.1, 0.15) is 50.5 Å². The highest BCUT2D eigenvalue weighted by atomic mass is 16.4. The van der Waals surface area contributed by atoms with Crippen molar-refractivity contribution < 1.29 is 19.8 Å². The van der Waals surface area contributed by atoms with Crippen molar-refractivity contribution in [1.29, 1.82) is 0 Å². The predicted molar refractivity (Wildman–Crippen MR) is 104 cm³/mol. The van der Waals surface area contributed by atoms with Gasteiger partial charge < -0.3 is 15.1 Å². The van der Waals surface area contributed by atoms with Gasteiger partial charge in [0, 0.05) is 24.9 Å². The van der Waals surface area contributed by atoms with Gasteiger partial charge in [-0.1, -0.05) is 49.0 Å². The molecule has 5 heteroatoms. The van der Waals surface area contributed by atoms with Crippen molar-refractivity contribution in [1.82, 2.24) is 4.90 Å². The van der Waals surface area contributed by atoms with Crippen LogP contribution in [0.25, 0.3) is 0 Å². The number of carboxylic acids is 1. The van der Waals surface area contributed by atoms with Crippen molar-refractivity contribution in [3.63, 3.8) is 0 Å². The van der Waals surface area contributed by atoms with E-state index in [2.05, 4.69) is 11.8 Å². The minimum atomic E-state index is -0.862. The molecular formula is C22H27NO4. The molecule has 2 unspecified atom stereocenters. The van der Waals surface area contributed by atoms with Gasteiger partial charge >= 0.3 is 5.97 Å². The maximum absolute atomic E-state index is 12.1. The topological polar surface area (TPSA) is 77.8 Å². The van der Waals surface area contributed by atoms with E-state index < -0.39 is 12.1 Å². The van der Waals surface area contributed by atoms with Crippen LogP contribution in [-0.2, 0) is 9.59 Å². The number of aliphatic hydroxyl groups is 1. The molecule has 0 saturated carbocycles. The lowest BCUT2D eigenvalue weighted by molar-refractivity contribution is -0.137. The van der Waals surface area contributed by atoms with E-state index in [0.29, 0.717) is 19.4 Å². The summed E-state index contributed by atoms with van der Waals surface area (Å²) >= 11 is 0. The van der Waals surface area contributed by atoms with E-state index >= 15 is 0 Å². The van der Waals surface area contributed by atoms with Crippen LogP contribution >= 0.6 is 0 Å². The highest BCUT2D eigenvalue weighted by Gasteiger charge is 2.28. The Bertz CT molecular complexity index is 702. The van der Waals surface area contributed by atoms with E-state index in [9.17, 15) is 14.7 Å². The number of nitrogens with zero attached hydrogens (tertiary/aromatic N) is 1. The lowest BCUT2D eigenvalue weighted by Gasteiger charge is -2.22. The molecular weight excluding hydrogens is 342 g/mol. The number of likely N-dealkylation sites (tertiary alicyclic amines) is 1. The van der Waals surface area contributed by atoms with Gasteiger partial charge in [0.15, 0.2) is 0 Å². The van der Waals surface area contributed by atoms with Crippen molar-refractivity contribution in [2.24, 2.45) is 0 Å². The molecule has 1 aliphatic heterocycles. The Kier molecular flexibility index (Phi) is 8.60. The normalized spacial score (nSPS) is 17.7. The molecule has 27 heavy (non-hydrogen) atoms. The molecule has 1 aliphatic rings. The number of rotatable bonds is 9. The molecule has 0 aliphatic carbocycles. The van der Waals surface area contributed by atoms with Crippen LogP contribution in [0.2, 0.25) is 0 Å². The Hall–Kier alpha value is -2.58. The predicted octanol–water partition coefficient (Wildman–Crippen LogP) is 2.98. The number of unbranched alkanes of at least 4 members (excludes halogenated alkanes) is 3. The molecule has 1 heterocycles. The molecule has 2 rings (SSSR count). The lowest BCUT2D eigenvalue weighted by atomic mass is 10.1. The molecule has 2 atom stereocenters. The van der Waals surface area contributed by atoms with E-state index in [-0.39, 0.29) is 18.4 Å². The average Bonchev–Trinajstić information content (AvgIpc) is 3.01. The van der Waals surface area contributed by atoms with Gasteiger partial charge in [0.25, 0.3) is 0 Å². The van der Waals surface area contributed by atoms with Crippen molar-refractivity contribution in [3.05, 3.63) is 48.0 Å². The van der Waals surface area contributed by atoms with Gasteiger partial charge in [-0.15, -0.1) is 0 Å². The Morgan fingerprint density at radius 1 is 1.22 bits per heavy atom. The third kappa shape index (κ3) is 7.67. The Morgan fingerprint density at radius 3 is 2.70 bits per heavy atom. The summed E-state index contributed by atoms with van der Waals surface area (Å²) in [6.07, 6.45) is 7.48. The van der Waals surface area contributed by atoms with Crippen LogP contribution in [0.5, 0.6) is 0 Å². The zero-order valence-corrected chi connectivity index (χ0v) is 15.5. The fraction of sp³-hybridized carbons (Fsp3) is 0.455.